The Morgan fingerprint density at radius 2 is 1.93 bits per heavy atom. The van der Waals surface area contributed by atoms with Gasteiger partial charge in [-0.25, -0.2) is 0 Å². The summed E-state index contributed by atoms with van der Waals surface area (Å²) in [7, 11) is 0. The van der Waals surface area contributed by atoms with Crippen LogP contribution in [-0.2, 0) is 16.0 Å². The molecule has 1 N–H and O–H groups in total. The number of anilines is 2. The summed E-state index contributed by atoms with van der Waals surface area (Å²) >= 11 is 0. The van der Waals surface area contributed by atoms with Crippen molar-refractivity contribution in [1.82, 2.24) is 0 Å². The summed E-state index contributed by atoms with van der Waals surface area (Å²) in [4.78, 5) is 38.5. The zero-order valence-corrected chi connectivity index (χ0v) is 15.9. The van der Waals surface area contributed by atoms with Gasteiger partial charge in [0.2, 0.25) is 11.8 Å². The molecule has 0 spiro atoms. The van der Waals surface area contributed by atoms with Crippen molar-refractivity contribution in [3.8, 4) is 0 Å². The van der Waals surface area contributed by atoms with Crippen LogP contribution in [0.15, 0.2) is 42.5 Å². The smallest absolute Gasteiger partial charge is 0.229 e. The molecule has 5 heteroatoms. The average Bonchev–Trinajstić information content (AvgIpc) is 3.03. The standard InChI is InChI=1S/C22H24N2O3/c1-4-16-8-5-7-14(2)21(16)24-13-18(12-20(24)26)22(27)23-19-10-6-9-17(11-19)15(3)25/h5-11,18H,4,12-13H2,1-3H3,(H,23,27). The second kappa shape index (κ2) is 7.74. The zero-order chi connectivity index (χ0) is 19.6. The van der Waals surface area contributed by atoms with E-state index in [0.29, 0.717) is 17.8 Å². The molecule has 1 aliphatic rings. The minimum atomic E-state index is -0.414. The summed E-state index contributed by atoms with van der Waals surface area (Å²) in [6, 6.07) is 12.9. The lowest BCUT2D eigenvalue weighted by Gasteiger charge is -2.22. The highest BCUT2D eigenvalue weighted by molar-refractivity contribution is 6.04. The van der Waals surface area contributed by atoms with E-state index in [2.05, 4.69) is 12.2 Å². The predicted molar refractivity (Wildman–Crippen MR) is 106 cm³/mol. The summed E-state index contributed by atoms with van der Waals surface area (Å²) in [6.07, 6.45) is 1.02. The third-order valence-corrected chi connectivity index (χ3v) is 5.00. The van der Waals surface area contributed by atoms with Gasteiger partial charge in [-0.2, -0.15) is 0 Å². The molecule has 1 aliphatic heterocycles. The first-order valence-electron chi connectivity index (χ1n) is 9.21. The maximum atomic E-state index is 12.7. The Morgan fingerprint density at radius 3 is 2.63 bits per heavy atom. The van der Waals surface area contributed by atoms with Crippen LogP contribution in [0.1, 0.15) is 41.8 Å². The highest BCUT2D eigenvalue weighted by atomic mass is 16.2. The number of carbonyl (C=O) groups is 3. The van der Waals surface area contributed by atoms with Crippen molar-refractivity contribution < 1.29 is 14.4 Å². The van der Waals surface area contributed by atoms with Gasteiger partial charge in [0.05, 0.1) is 5.92 Å². The van der Waals surface area contributed by atoms with Crippen LogP contribution >= 0.6 is 0 Å². The van der Waals surface area contributed by atoms with Crippen molar-refractivity contribution in [2.24, 2.45) is 5.92 Å². The number of rotatable bonds is 5. The SMILES string of the molecule is CCc1cccc(C)c1N1CC(C(=O)Nc2cccc(C(C)=O)c2)CC1=O. The number of amides is 2. The molecule has 0 aromatic heterocycles. The highest BCUT2D eigenvalue weighted by Gasteiger charge is 2.36. The molecule has 140 valence electrons. The van der Waals surface area contributed by atoms with Gasteiger partial charge in [0.1, 0.15) is 0 Å². The summed E-state index contributed by atoms with van der Waals surface area (Å²) in [5.41, 5.74) is 4.20. The topological polar surface area (TPSA) is 66.5 Å². The molecule has 2 aromatic rings. The molecule has 1 saturated heterocycles. The summed E-state index contributed by atoms with van der Waals surface area (Å²) in [5.74, 6) is -0.697. The Balaban J connectivity index is 1.77. The molecule has 0 bridgehead atoms. The van der Waals surface area contributed by atoms with Crippen LogP contribution in [-0.4, -0.2) is 24.1 Å². The first-order chi connectivity index (χ1) is 12.9. The fourth-order valence-electron chi connectivity index (χ4n) is 3.55. The van der Waals surface area contributed by atoms with Crippen LogP contribution in [0, 0.1) is 12.8 Å². The molecule has 0 aliphatic carbocycles. The largest absolute Gasteiger partial charge is 0.326 e. The number of para-hydroxylation sites is 1. The number of hydrogen-bond donors (Lipinski definition) is 1. The van der Waals surface area contributed by atoms with E-state index in [-0.39, 0.29) is 24.0 Å². The average molecular weight is 364 g/mol. The second-order valence-electron chi connectivity index (χ2n) is 6.97. The predicted octanol–water partition coefficient (Wildman–Crippen LogP) is 3.75. The summed E-state index contributed by atoms with van der Waals surface area (Å²) in [5, 5.41) is 2.84. The van der Waals surface area contributed by atoms with Gasteiger partial charge < -0.3 is 10.2 Å². The Bertz CT molecular complexity index is 904. The van der Waals surface area contributed by atoms with E-state index in [1.54, 1.807) is 29.2 Å². The van der Waals surface area contributed by atoms with Crippen molar-refractivity contribution in [1.29, 1.82) is 0 Å². The van der Waals surface area contributed by atoms with Crippen molar-refractivity contribution >= 4 is 29.0 Å². The molecule has 0 radical (unpaired) electrons. The van der Waals surface area contributed by atoms with Gasteiger partial charge in [-0.3, -0.25) is 14.4 Å². The lowest BCUT2D eigenvalue weighted by Crippen LogP contribution is -2.29. The number of ketones is 1. The van der Waals surface area contributed by atoms with Crippen LogP contribution in [0.2, 0.25) is 0 Å². The lowest BCUT2D eigenvalue weighted by molar-refractivity contribution is -0.122. The number of nitrogens with one attached hydrogen (secondary N) is 1. The first kappa shape index (κ1) is 18.8. The van der Waals surface area contributed by atoms with Crippen LogP contribution in [0.5, 0.6) is 0 Å². The molecule has 27 heavy (non-hydrogen) atoms. The number of aryl methyl sites for hydroxylation is 2. The molecule has 1 atom stereocenters. The maximum absolute atomic E-state index is 12.7. The quantitative estimate of drug-likeness (QED) is 0.822. The molecule has 0 saturated carbocycles. The van der Waals surface area contributed by atoms with Gasteiger partial charge in [0.15, 0.2) is 5.78 Å². The maximum Gasteiger partial charge on any atom is 0.229 e. The molecule has 2 aromatic carbocycles. The normalized spacial score (nSPS) is 16.5. The van der Waals surface area contributed by atoms with Gasteiger partial charge in [-0.15, -0.1) is 0 Å². The molecular weight excluding hydrogens is 340 g/mol. The van der Waals surface area contributed by atoms with Crippen LogP contribution in [0.25, 0.3) is 0 Å². The van der Waals surface area contributed by atoms with Crippen LogP contribution < -0.4 is 10.2 Å². The fraction of sp³-hybridized carbons (Fsp3) is 0.318. The Hall–Kier alpha value is -2.95. The molecule has 3 rings (SSSR count). The number of Topliss-reactive ketones (excluding diaryl/α,β-unsaturated/α-hetero) is 1. The number of hydrogen-bond acceptors (Lipinski definition) is 3. The first-order valence-corrected chi connectivity index (χ1v) is 9.21. The van der Waals surface area contributed by atoms with E-state index in [1.165, 1.54) is 6.92 Å². The molecule has 1 fully saturated rings. The van der Waals surface area contributed by atoms with Crippen molar-refractivity contribution in [2.75, 3.05) is 16.8 Å². The fourth-order valence-corrected chi connectivity index (χ4v) is 3.55. The number of nitrogens with zero attached hydrogens (tertiary/aromatic N) is 1. The number of carbonyl (C=O) groups excluding carboxylic acids is 3. The van der Waals surface area contributed by atoms with Crippen LogP contribution in [0.3, 0.4) is 0 Å². The van der Waals surface area contributed by atoms with Gasteiger partial charge in [-0.05, 0) is 43.5 Å². The summed E-state index contributed by atoms with van der Waals surface area (Å²) < 4.78 is 0. The van der Waals surface area contributed by atoms with Gasteiger partial charge in [0, 0.05) is 29.9 Å². The minimum absolute atomic E-state index is 0.0309. The minimum Gasteiger partial charge on any atom is -0.326 e. The number of benzene rings is 2. The van der Waals surface area contributed by atoms with E-state index in [4.69, 9.17) is 0 Å². The van der Waals surface area contributed by atoms with E-state index >= 15 is 0 Å². The Kier molecular flexibility index (Phi) is 5.40. The summed E-state index contributed by atoms with van der Waals surface area (Å²) in [6.45, 7) is 5.91. The van der Waals surface area contributed by atoms with Crippen LogP contribution in [0.4, 0.5) is 11.4 Å². The molecule has 1 unspecified atom stereocenters. The van der Waals surface area contributed by atoms with Crippen molar-refractivity contribution in [3.05, 3.63) is 59.2 Å². The third kappa shape index (κ3) is 3.92. The molecular formula is C22H24N2O3. The molecule has 5 nitrogen and oxygen atoms in total. The monoisotopic (exact) mass is 364 g/mol. The van der Waals surface area contributed by atoms with Gasteiger partial charge in [0.25, 0.3) is 0 Å². The van der Waals surface area contributed by atoms with E-state index < -0.39 is 5.92 Å². The van der Waals surface area contributed by atoms with Gasteiger partial charge in [-0.1, -0.05) is 37.3 Å². The van der Waals surface area contributed by atoms with Crippen molar-refractivity contribution in [2.45, 2.75) is 33.6 Å². The highest BCUT2D eigenvalue weighted by Crippen LogP contribution is 2.32. The second-order valence-corrected chi connectivity index (χ2v) is 6.97. The van der Waals surface area contributed by atoms with E-state index in [9.17, 15) is 14.4 Å². The Labute approximate surface area is 159 Å². The zero-order valence-electron chi connectivity index (χ0n) is 15.9. The third-order valence-electron chi connectivity index (χ3n) is 5.00. The van der Waals surface area contributed by atoms with E-state index in [1.807, 2.05) is 25.1 Å². The lowest BCUT2D eigenvalue weighted by atomic mass is 10.0. The molecule has 1 heterocycles. The van der Waals surface area contributed by atoms with Crippen molar-refractivity contribution in [3.63, 3.8) is 0 Å². The molecule has 2 amide bonds. The Morgan fingerprint density at radius 1 is 1.19 bits per heavy atom. The van der Waals surface area contributed by atoms with E-state index in [0.717, 1.165) is 23.2 Å². The van der Waals surface area contributed by atoms with Gasteiger partial charge >= 0.3 is 0 Å².